The SMILES string of the molecule is Cc1nc(-c2cncs2)nc(C)c1CC(=O)O. The maximum atomic E-state index is 10.7. The Morgan fingerprint density at radius 3 is 2.47 bits per heavy atom. The van der Waals surface area contributed by atoms with Gasteiger partial charge in [0.1, 0.15) is 0 Å². The molecular weight excluding hydrogens is 238 g/mol. The van der Waals surface area contributed by atoms with E-state index in [1.165, 1.54) is 11.3 Å². The van der Waals surface area contributed by atoms with Crippen LogP contribution in [0.25, 0.3) is 10.7 Å². The van der Waals surface area contributed by atoms with Crippen molar-refractivity contribution >= 4 is 17.3 Å². The van der Waals surface area contributed by atoms with E-state index in [1.807, 2.05) is 0 Å². The van der Waals surface area contributed by atoms with Crippen LogP contribution >= 0.6 is 11.3 Å². The molecule has 17 heavy (non-hydrogen) atoms. The van der Waals surface area contributed by atoms with Gasteiger partial charge < -0.3 is 5.11 Å². The second kappa shape index (κ2) is 4.58. The van der Waals surface area contributed by atoms with Gasteiger partial charge in [0.05, 0.1) is 16.8 Å². The Morgan fingerprint density at radius 2 is 2.00 bits per heavy atom. The molecule has 0 saturated carbocycles. The number of nitrogens with zero attached hydrogens (tertiary/aromatic N) is 3. The van der Waals surface area contributed by atoms with Crippen LogP contribution in [0.1, 0.15) is 17.0 Å². The zero-order valence-electron chi connectivity index (χ0n) is 9.47. The molecule has 0 bridgehead atoms. The van der Waals surface area contributed by atoms with Crippen molar-refractivity contribution in [3.63, 3.8) is 0 Å². The standard InChI is InChI=1S/C11H11N3O2S/c1-6-8(3-10(15)16)7(2)14-11(13-6)9-4-12-5-17-9/h4-5H,3H2,1-2H3,(H,15,16). The molecular formula is C11H11N3O2S. The predicted molar refractivity (Wildman–Crippen MR) is 64.0 cm³/mol. The van der Waals surface area contributed by atoms with Crippen LogP contribution in [0.3, 0.4) is 0 Å². The second-order valence-corrected chi connectivity index (χ2v) is 4.52. The Bertz CT molecular complexity index is 529. The fourth-order valence-corrected chi connectivity index (χ4v) is 2.14. The molecule has 2 heterocycles. The molecule has 2 aromatic rings. The van der Waals surface area contributed by atoms with E-state index in [9.17, 15) is 4.79 Å². The molecule has 0 amide bonds. The lowest BCUT2D eigenvalue weighted by Crippen LogP contribution is -2.08. The summed E-state index contributed by atoms with van der Waals surface area (Å²) in [5, 5.41) is 8.81. The van der Waals surface area contributed by atoms with Crippen LogP contribution in [0.4, 0.5) is 0 Å². The van der Waals surface area contributed by atoms with Crippen molar-refractivity contribution in [2.75, 3.05) is 0 Å². The van der Waals surface area contributed by atoms with Crippen LogP contribution in [0, 0.1) is 13.8 Å². The number of carbonyl (C=O) groups is 1. The number of aliphatic carboxylic acids is 1. The summed E-state index contributed by atoms with van der Waals surface area (Å²) in [6.45, 7) is 3.61. The van der Waals surface area contributed by atoms with E-state index in [-0.39, 0.29) is 6.42 Å². The Kier molecular flexibility index (Phi) is 3.14. The Hall–Kier alpha value is -1.82. The number of carboxylic acids is 1. The normalized spacial score (nSPS) is 10.5. The summed E-state index contributed by atoms with van der Waals surface area (Å²) in [6.07, 6.45) is 1.66. The first-order valence-electron chi connectivity index (χ1n) is 5.02. The van der Waals surface area contributed by atoms with E-state index >= 15 is 0 Å². The van der Waals surface area contributed by atoms with Gasteiger partial charge in [-0.05, 0) is 13.8 Å². The summed E-state index contributed by atoms with van der Waals surface area (Å²) in [5.41, 5.74) is 3.83. The molecule has 88 valence electrons. The van der Waals surface area contributed by atoms with Gasteiger partial charge in [-0.3, -0.25) is 9.78 Å². The average molecular weight is 249 g/mol. The molecule has 0 fully saturated rings. The molecule has 0 aliphatic carbocycles. The van der Waals surface area contributed by atoms with Crippen LogP contribution in [0.5, 0.6) is 0 Å². The van der Waals surface area contributed by atoms with Crippen molar-refractivity contribution in [2.45, 2.75) is 20.3 Å². The lowest BCUT2D eigenvalue weighted by Gasteiger charge is -2.07. The average Bonchev–Trinajstić information content (AvgIpc) is 2.76. The summed E-state index contributed by atoms with van der Waals surface area (Å²) in [5.74, 6) is -0.262. The highest BCUT2D eigenvalue weighted by Gasteiger charge is 2.13. The van der Waals surface area contributed by atoms with Crippen molar-refractivity contribution in [2.24, 2.45) is 0 Å². The van der Waals surface area contributed by atoms with Gasteiger partial charge >= 0.3 is 5.97 Å². The third kappa shape index (κ3) is 2.47. The van der Waals surface area contributed by atoms with Gasteiger partial charge in [-0.15, -0.1) is 11.3 Å². The molecule has 0 atom stereocenters. The molecule has 6 heteroatoms. The van der Waals surface area contributed by atoms with Gasteiger partial charge in [-0.25, -0.2) is 9.97 Å². The van der Waals surface area contributed by atoms with Crippen molar-refractivity contribution in [1.29, 1.82) is 0 Å². The van der Waals surface area contributed by atoms with Gasteiger partial charge in [0.25, 0.3) is 0 Å². The van der Waals surface area contributed by atoms with Gasteiger partial charge in [-0.1, -0.05) is 0 Å². The maximum Gasteiger partial charge on any atom is 0.307 e. The Balaban J connectivity index is 2.45. The smallest absolute Gasteiger partial charge is 0.307 e. The van der Waals surface area contributed by atoms with E-state index in [4.69, 9.17) is 5.11 Å². The summed E-state index contributed by atoms with van der Waals surface area (Å²) in [6, 6.07) is 0. The molecule has 0 aliphatic heterocycles. The van der Waals surface area contributed by atoms with Gasteiger partial charge in [0.15, 0.2) is 5.82 Å². The molecule has 0 spiro atoms. The van der Waals surface area contributed by atoms with Crippen molar-refractivity contribution in [1.82, 2.24) is 15.0 Å². The molecule has 0 saturated heterocycles. The fraction of sp³-hybridized carbons (Fsp3) is 0.273. The van der Waals surface area contributed by atoms with E-state index in [0.29, 0.717) is 22.8 Å². The monoisotopic (exact) mass is 249 g/mol. The van der Waals surface area contributed by atoms with Crippen LogP contribution in [-0.4, -0.2) is 26.0 Å². The van der Waals surface area contributed by atoms with E-state index in [1.54, 1.807) is 25.6 Å². The summed E-state index contributed by atoms with van der Waals surface area (Å²) in [7, 11) is 0. The third-order valence-electron chi connectivity index (χ3n) is 2.40. The van der Waals surface area contributed by atoms with Crippen LogP contribution < -0.4 is 0 Å². The van der Waals surface area contributed by atoms with Crippen molar-refractivity contribution in [3.05, 3.63) is 28.7 Å². The van der Waals surface area contributed by atoms with Gasteiger partial charge in [-0.2, -0.15) is 0 Å². The maximum absolute atomic E-state index is 10.7. The molecule has 2 aromatic heterocycles. The molecule has 1 N–H and O–H groups in total. The number of thiazole rings is 1. The highest BCUT2D eigenvalue weighted by molar-refractivity contribution is 7.13. The Labute approximate surface area is 102 Å². The molecule has 0 unspecified atom stereocenters. The number of hydrogen-bond donors (Lipinski definition) is 1. The number of hydrogen-bond acceptors (Lipinski definition) is 5. The first-order valence-corrected chi connectivity index (χ1v) is 5.90. The fourth-order valence-electron chi connectivity index (χ4n) is 1.58. The second-order valence-electron chi connectivity index (χ2n) is 3.63. The van der Waals surface area contributed by atoms with E-state index < -0.39 is 5.97 Å². The highest BCUT2D eigenvalue weighted by Crippen LogP contribution is 2.22. The Morgan fingerprint density at radius 1 is 1.35 bits per heavy atom. The van der Waals surface area contributed by atoms with Crippen LogP contribution in [0.15, 0.2) is 11.7 Å². The number of carboxylic acid groups (broad SMARTS) is 1. The zero-order valence-corrected chi connectivity index (χ0v) is 10.3. The van der Waals surface area contributed by atoms with E-state index in [2.05, 4.69) is 15.0 Å². The number of rotatable bonds is 3. The topological polar surface area (TPSA) is 76.0 Å². The minimum absolute atomic E-state index is 0.0410. The van der Waals surface area contributed by atoms with Gasteiger partial charge in [0.2, 0.25) is 0 Å². The summed E-state index contributed by atoms with van der Waals surface area (Å²) >= 11 is 1.46. The van der Waals surface area contributed by atoms with Gasteiger partial charge in [0, 0.05) is 23.1 Å². The summed E-state index contributed by atoms with van der Waals surface area (Å²) in [4.78, 5) is 24.2. The van der Waals surface area contributed by atoms with Crippen molar-refractivity contribution < 1.29 is 9.90 Å². The molecule has 0 aliphatic rings. The van der Waals surface area contributed by atoms with E-state index in [0.717, 1.165) is 4.88 Å². The van der Waals surface area contributed by atoms with Crippen LogP contribution in [-0.2, 0) is 11.2 Å². The molecule has 0 aromatic carbocycles. The number of aromatic nitrogens is 3. The number of aryl methyl sites for hydroxylation is 2. The minimum Gasteiger partial charge on any atom is -0.481 e. The third-order valence-corrected chi connectivity index (χ3v) is 3.17. The van der Waals surface area contributed by atoms with Crippen LogP contribution in [0.2, 0.25) is 0 Å². The van der Waals surface area contributed by atoms with Crippen molar-refractivity contribution in [3.8, 4) is 10.7 Å². The lowest BCUT2D eigenvalue weighted by atomic mass is 10.1. The lowest BCUT2D eigenvalue weighted by molar-refractivity contribution is -0.136. The highest BCUT2D eigenvalue weighted by atomic mass is 32.1. The first-order chi connectivity index (χ1) is 8.08. The molecule has 0 radical (unpaired) electrons. The predicted octanol–water partition coefficient (Wildman–Crippen LogP) is 1.84. The largest absolute Gasteiger partial charge is 0.481 e. The zero-order chi connectivity index (χ0) is 12.4. The first kappa shape index (κ1) is 11.7. The molecule has 2 rings (SSSR count). The molecule has 5 nitrogen and oxygen atoms in total. The summed E-state index contributed by atoms with van der Waals surface area (Å²) < 4.78 is 0. The minimum atomic E-state index is -0.870. The quantitative estimate of drug-likeness (QED) is 0.898.